The van der Waals surface area contributed by atoms with Gasteiger partial charge in [-0.15, -0.1) is 0 Å². The predicted molar refractivity (Wildman–Crippen MR) is 66.0 cm³/mol. The van der Waals surface area contributed by atoms with Crippen LogP contribution in [-0.2, 0) is 0 Å². The second-order valence-electron chi connectivity index (χ2n) is 4.62. The van der Waals surface area contributed by atoms with Crippen LogP contribution in [0, 0.1) is 5.82 Å². The van der Waals surface area contributed by atoms with Gasteiger partial charge in [-0.05, 0) is 37.6 Å². The van der Waals surface area contributed by atoms with Crippen LogP contribution in [0.15, 0.2) is 22.7 Å². The molecule has 2 heterocycles. The summed E-state index contributed by atoms with van der Waals surface area (Å²) < 4.78 is 18.5. The lowest BCUT2D eigenvalue weighted by atomic mass is 10.1. The first kappa shape index (κ1) is 12.1. The molecule has 0 amide bonds. The lowest BCUT2D eigenvalue weighted by Crippen LogP contribution is -2.26. The molecular formula is C13H14FN3O2. The average Bonchev–Trinajstić information content (AvgIpc) is 2.93. The van der Waals surface area contributed by atoms with Crippen LogP contribution >= 0.6 is 0 Å². The summed E-state index contributed by atoms with van der Waals surface area (Å²) in [6.45, 7) is 0.941. The summed E-state index contributed by atoms with van der Waals surface area (Å²) in [6, 6.07) is 4.11. The van der Waals surface area contributed by atoms with Gasteiger partial charge in [0.05, 0.1) is 6.04 Å². The molecular weight excluding hydrogens is 249 g/mol. The molecule has 0 aliphatic carbocycles. The Balaban J connectivity index is 1.85. The van der Waals surface area contributed by atoms with Crippen molar-refractivity contribution < 1.29 is 14.0 Å². The van der Waals surface area contributed by atoms with Crippen LogP contribution < -0.4 is 5.32 Å². The predicted octanol–water partition coefficient (Wildman–Crippen LogP) is 2.40. The van der Waals surface area contributed by atoms with Crippen molar-refractivity contribution in [1.29, 1.82) is 0 Å². The Kier molecular flexibility index (Phi) is 3.16. The molecule has 0 spiro atoms. The van der Waals surface area contributed by atoms with Crippen LogP contribution in [0.5, 0.6) is 5.75 Å². The Bertz CT molecular complexity index is 579. The molecule has 1 unspecified atom stereocenters. The maximum atomic E-state index is 13.3. The van der Waals surface area contributed by atoms with Gasteiger partial charge >= 0.3 is 0 Å². The van der Waals surface area contributed by atoms with Gasteiger partial charge in [0.1, 0.15) is 0 Å². The molecule has 1 atom stereocenters. The molecule has 6 heteroatoms. The van der Waals surface area contributed by atoms with Gasteiger partial charge in [0.15, 0.2) is 11.6 Å². The van der Waals surface area contributed by atoms with E-state index >= 15 is 0 Å². The molecule has 1 aromatic heterocycles. The van der Waals surface area contributed by atoms with Crippen molar-refractivity contribution in [2.75, 3.05) is 6.54 Å². The summed E-state index contributed by atoms with van der Waals surface area (Å²) in [5, 5.41) is 16.3. The van der Waals surface area contributed by atoms with E-state index in [1.807, 2.05) is 0 Å². The van der Waals surface area contributed by atoms with Crippen molar-refractivity contribution in [3.63, 3.8) is 0 Å². The molecule has 1 aliphatic rings. The van der Waals surface area contributed by atoms with E-state index in [4.69, 9.17) is 9.63 Å². The fraction of sp³-hybridized carbons (Fsp3) is 0.385. The third-order valence-corrected chi connectivity index (χ3v) is 3.26. The van der Waals surface area contributed by atoms with E-state index in [0.717, 1.165) is 25.8 Å². The number of halogens is 1. The number of hydrogen-bond donors (Lipinski definition) is 2. The highest BCUT2D eigenvalue weighted by molar-refractivity contribution is 5.55. The van der Waals surface area contributed by atoms with Crippen LogP contribution in [0.2, 0.25) is 0 Å². The molecule has 1 saturated heterocycles. The number of piperidine rings is 1. The molecule has 100 valence electrons. The van der Waals surface area contributed by atoms with Gasteiger partial charge in [-0.3, -0.25) is 0 Å². The van der Waals surface area contributed by atoms with E-state index in [-0.39, 0.29) is 11.8 Å². The van der Waals surface area contributed by atoms with Crippen molar-refractivity contribution in [2.45, 2.75) is 25.3 Å². The fourth-order valence-corrected chi connectivity index (χ4v) is 2.20. The van der Waals surface area contributed by atoms with E-state index < -0.39 is 5.82 Å². The lowest BCUT2D eigenvalue weighted by molar-refractivity contribution is 0.297. The Morgan fingerprint density at radius 2 is 2.26 bits per heavy atom. The summed E-state index contributed by atoms with van der Waals surface area (Å²) in [5.74, 6) is -0.217. The number of benzene rings is 1. The Hall–Kier alpha value is -1.95. The average molecular weight is 263 g/mol. The van der Waals surface area contributed by atoms with E-state index in [9.17, 15) is 4.39 Å². The number of phenols is 1. The highest BCUT2D eigenvalue weighted by Gasteiger charge is 2.21. The SMILES string of the molecule is Oc1ccc(-c2noc(C3CCCCN3)n2)cc1F. The van der Waals surface area contributed by atoms with E-state index in [1.165, 1.54) is 12.1 Å². The molecule has 2 N–H and O–H groups in total. The van der Waals surface area contributed by atoms with E-state index in [0.29, 0.717) is 17.3 Å². The van der Waals surface area contributed by atoms with Gasteiger partial charge < -0.3 is 14.9 Å². The molecule has 3 rings (SSSR count). The maximum absolute atomic E-state index is 13.3. The first-order chi connectivity index (χ1) is 9.24. The van der Waals surface area contributed by atoms with Gasteiger partial charge in [0.25, 0.3) is 0 Å². The van der Waals surface area contributed by atoms with Crippen molar-refractivity contribution >= 4 is 0 Å². The number of nitrogens with zero attached hydrogens (tertiary/aromatic N) is 2. The third kappa shape index (κ3) is 2.44. The Morgan fingerprint density at radius 3 is 3.00 bits per heavy atom. The van der Waals surface area contributed by atoms with Crippen LogP contribution in [0.3, 0.4) is 0 Å². The van der Waals surface area contributed by atoms with Gasteiger partial charge in [-0.2, -0.15) is 4.98 Å². The highest BCUT2D eigenvalue weighted by Crippen LogP contribution is 2.26. The number of aromatic nitrogens is 2. The normalized spacial score (nSPS) is 19.5. The molecule has 0 bridgehead atoms. The first-order valence-corrected chi connectivity index (χ1v) is 6.30. The first-order valence-electron chi connectivity index (χ1n) is 6.30. The quantitative estimate of drug-likeness (QED) is 0.870. The minimum absolute atomic E-state index is 0.0805. The van der Waals surface area contributed by atoms with Gasteiger partial charge in [0, 0.05) is 5.56 Å². The summed E-state index contributed by atoms with van der Waals surface area (Å²) >= 11 is 0. The molecule has 1 aliphatic heterocycles. The van der Waals surface area contributed by atoms with Crippen molar-refractivity contribution in [1.82, 2.24) is 15.5 Å². The molecule has 5 nitrogen and oxygen atoms in total. The lowest BCUT2D eigenvalue weighted by Gasteiger charge is -2.19. The Morgan fingerprint density at radius 1 is 1.37 bits per heavy atom. The topological polar surface area (TPSA) is 71.2 Å². The molecule has 0 saturated carbocycles. The van der Waals surface area contributed by atoms with Crippen LogP contribution in [0.1, 0.15) is 31.2 Å². The largest absolute Gasteiger partial charge is 0.505 e. The second kappa shape index (κ2) is 4.97. The van der Waals surface area contributed by atoms with Crippen molar-refractivity contribution in [2.24, 2.45) is 0 Å². The Labute approximate surface area is 109 Å². The zero-order valence-electron chi connectivity index (χ0n) is 10.3. The van der Waals surface area contributed by atoms with Crippen LogP contribution in [0.25, 0.3) is 11.4 Å². The molecule has 2 aromatic rings. The van der Waals surface area contributed by atoms with Gasteiger partial charge in [0.2, 0.25) is 11.7 Å². The molecule has 19 heavy (non-hydrogen) atoms. The van der Waals surface area contributed by atoms with E-state index in [1.54, 1.807) is 6.07 Å². The second-order valence-corrected chi connectivity index (χ2v) is 4.62. The number of aromatic hydroxyl groups is 1. The highest BCUT2D eigenvalue weighted by atomic mass is 19.1. The molecule has 1 fully saturated rings. The number of hydrogen-bond acceptors (Lipinski definition) is 5. The van der Waals surface area contributed by atoms with Gasteiger partial charge in [-0.25, -0.2) is 4.39 Å². The number of rotatable bonds is 2. The smallest absolute Gasteiger partial charge is 0.244 e. The summed E-state index contributed by atoms with van der Waals surface area (Å²) in [4.78, 5) is 4.29. The zero-order chi connectivity index (χ0) is 13.2. The molecule has 1 aromatic carbocycles. The minimum Gasteiger partial charge on any atom is -0.505 e. The number of nitrogens with one attached hydrogen (secondary N) is 1. The monoisotopic (exact) mass is 263 g/mol. The molecule has 0 radical (unpaired) electrons. The van der Waals surface area contributed by atoms with Crippen molar-refractivity contribution in [3.05, 3.63) is 29.9 Å². The summed E-state index contributed by atoms with van der Waals surface area (Å²) in [7, 11) is 0. The summed E-state index contributed by atoms with van der Waals surface area (Å²) in [6.07, 6.45) is 3.25. The maximum Gasteiger partial charge on any atom is 0.244 e. The van der Waals surface area contributed by atoms with Gasteiger partial charge in [-0.1, -0.05) is 11.6 Å². The van der Waals surface area contributed by atoms with Crippen LogP contribution in [0.4, 0.5) is 4.39 Å². The van der Waals surface area contributed by atoms with Crippen molar-refractivity contribution in [3.8, 4) is 17.1 Å². The van der Waals surface area contributed by atoms with E-state index in [2.05, 4.69) is 15.5 Å². The minimum atomic E-state index is -0.695. The summed E-state index contributed by atoms with van der Waals surface area (Å²) in [5.41, 5.74) is 0.487. The third-order valence-electron chi connectivity index (χ3n) is 3.26. The fourth-order valence-electron chi connectivity index (χ4n) is 2.20. The number of phenolic OH excluding ortho intramolecular Hbond substituents is 1. The standard InChI is InChI=1S/C13H14FN3O2/c14-9-7-8(4-5-11(9)18)12-16-13(19-17-12)10-3-1-2-6-15-10/h4-5,7,10,15,18H,1-3,6H2. The van der Waals surface area contributed by atoms with Crippen LogP contribution in [-0.4, -0.2) is 21.8 Å². The zero-order valence-corrected chi connectivity index (χ0v) is 10.3.